The van der Waals surface area contributed by atoms with Crippen molar-refractivity contribution in [2.45, 2.75) is 38.8 Å². The highest BCUT2D eigenvalue weighted by Crippen LogP contribution is 1.94. The van der Waals surface area contributed by atoms with E-state index < -0.39 is 0 Å². The Morgan fingerprint density at radius 3 is 2.43 bits per heavy atom. The molecule has 7 N–H and O–H groups in total. The van der Waals surface area contributed by atoms with E-state index in [0.717, 1.165) is 13.0 Å². The van der Waals surface area contributed by atoms with Crippen molar-refractivity contribution in [2.75, 3.05) is 6.54 Å². The summed E-state index contributed by atoms with van der Waals surface area (Å²) in [6.07, 6.45) is 2.85. The van der Waals surface area contributed by atoms with E-state index in [2.05, 4.69) is 27.9 Å². The fourth-order valence-electron chi connectivity index (χ4n) is 1.26. The highest BCUT2D eigenvalue weighted by Gasteiger charge is 2.16. The second-order valence-electron chi connectivity index (χ2n) is 3.35. The molecule has 2 atom stereocenters. The summed E-state index contributed by atoms with van der Waals surface area (Å²) in [5.41, 5.74) is 11.2. The maximum Gasteiger partial charge on any atom is 0.195 e. The molecular weight excluding hydrogens is 180 g/mol. The number of rotatable bonds is 4. The van der Waals surface area contributed by atoms with E-state index in [4.69, 9.17) is 11.5 Å². The Morgan fingerprint density at radius 2 is 1.86 bits per heavy atom. The van der Waals surface area contributed by atoms with Crippen LogP contribution in [0.4, 0.5) is 0 Å². The maximum absolute atomic E-state index is 5.62. The highest BCUT2D eigenvalue weighted by atomic mass is 15.4. The molecule has 2 unspecified atom stereocenters. The van der Waals surface area contributed by atoms with Gasteiger partial charge < -0.3 is 10.6 Å². The van der Waals surface area contributed by atoms with Gasteiger partial charge in [0.05, 0.1) is 0 Å². The minimum Gasteiger partial charge on any atom is -0.328 e. The third-order valence-corrected chi connectivity index (χ3v) is 1.98. The van der Waals surface area contributed by atoms with Crippen LogP contribution in [0.25, 0.3) is 0 Å². The molecule has 1 aliphatic heterocycles. The van der Waals surface area contributed by atoms with Gasteiger partial charge in [-0.25, -0.2) is 0 Å². The zero-order valence-corrected chi connectivity index (χ0v) is 8.59. The molecule has 0 radical (unpaired) electrons. The number of guanidine groups is 1. The molecule has 1 fully saturated rings. The summed E-state index contributed by atoms with van der Waals surface area (Å²) < 4.78 is 0. The van der Waals surface area contributed by atoms with E-state index in [1.165, 1.54) is 12.8 Å². The van der Waals surface area contributed by atoms with Gasteiger partial charge in [0.1, 0.15) is 12.6 Å². The molecule has 1 heterocycles. The van der Waals surface area contributed by atoms with Crippen molar-refractivity contribution in [3.63, 3.8) is 0 Å². The van der Waals surface area contributed by atoms with Crippen LogP contribution < -0.4 is 27.4 Å². The average Bonchev–Trinajstić information content (AvgIpc) is 2.11. The van der Waals surface area contributed by atoms with E-state index in [9.17, 15) is 0 Å². The molecule has 0 aromatic heterocycles. The molecule has 14 heavy (non-hydrogen) atoms. The molecule has 0 saturated carbocycles. The van der Waals surface area contributed by atoms with Gasteiger partial charge in [-0.2, -0.15) is 0 Å². The summed E-state index contributed by atoms with van der Waals surface area (Å²) in [5, 5.41) is 8.76. The van der Waals surface area contributed by atoms with Crippen molar-refractivity contribution in [3.8, 4) is 0 Å². The van der Waals surface area contributed by atoms with E-state index >= 15 is 0 Å². The Morgan fingerprint density at radius 1 is 1.21 bits per heavy atom. The fourth-order valence-corrected chi connectivity index (χ4v) is 1.26. The van der Waals surface area contributed by atoms with Crippen LogP contribution >= 0.6 is 0 Å². The van der Waals surface area contributed by atoms with Crippen LogP contribution in [-0.4, -0.2) is 25.1 Å². The summed E-state index contributed by atoms with van der Waals surface area (Å²) >= 11 is 0. The normalized spacial score (nSPS) is 26.6. The van der Waals surface area contributed by atoms with Crippen LogP contribution in [0.5, 0.6) is 0 Å². The second-order valence-corrected chi connectivity index (χ2v) is 3.35. The van der Waals surface area contributed by atoms with Gasteiger partial charge >= 0.3 is 0 Å². The van der Waals surface area contributed by atoms with Gasteiger partial charge in [-0.1, -0.05) is 19.8 Å². The number of hydrogen-bond donors (Lipinski definition) is 5. The predicted molar refractivity (Wildman–Crippen MR) is 57.2 cm³/mol. The monoisotopic (exact) mass is 200 g/mol. The van der Waals surface area contributed by atoms with Crippen molar-refractivity contribution in [1.82, 2.24) is 16.0 Å². The average molecular weight is 200 g/mol. The zero-order valence-electron chi connectivity index (χ0n) is 8.59. The third kappa shape index (κ3) is 3.91. The van der Waals surface area contributed by atoms with Crippen LogP contribution in [0, 0.1) is 0 Å². The Balaban J connectivity index is 2.27. The molecule has 1 rings (SSSR count). The van der Waals surface area contributed by atoms with Crippen LogP contribution in [0.1, 0.15) is 26.2 Å². The largest absolute Gasteiger partial charge is 0.328 e. The molecule has 0 aromatic carbocycles. The van der Waals surface area contributed by atoms with Gasteiger partial charge in [0.15, 0.2) is 5.96 Å². The Labute approximate surface area is 84.5 Å². The summed E-state index contributed by atoms with van der Waals surface area (Å²) in [7, 11) is 0. The molecule has 1 saturated heterocycles. The first kappa shape index (κ1) is 11.2. The molecule has 1 aliphatic rings. The first-order valence-corrected chi connectivity index (χ1v) is 5.07. The minimum absolute atomic E-state index is 0.323. The van der Waals surface area contributed by atoms with Crippen LogP contribution in [0.3, 0.4) is 0 Å². The first-order valence-electron chi connectivity index (χ1n) is 5.07. The first-order chi connectivity index (χ1) is 6.72. The number of nitrogens with one attached hydrogen (secondary N) is 3. The molecule has 0 amide bonds. The summed E-state index contributed by atoms with van der Waals surface area (Å²) in [6, 6.07) is 0. The molecule has 0 aliphatic carbocycles. The lowest BCUT2D eigenvalue weighted by Gasteiger charge is -2.30. The standard InChI is InChI=1S/C8H20N6/c1-2-3-4-5-11-8-13-6(9)12-7(10)14-8/h6-7,12H,2-5,9-10H2,1H3,(H2,11,13,14). The number of nitrogens with two attached hydrogens (primary N) is 2. The van der Waals surface area contributed by atoms with Crippen molar-refractivity contribution in [2.24, 2.45) is 16.5 Å². The van der Waals surface area contributed by atoms with Crippen molar-refractivity contribution >= 4 is 5.96 Å². The van der Waals surface area contributed by atoms with Crippen LogP contribution in [0.15, 0.2) is 4.99 Å². The Hall–Kier alpha value is -0.850. The quantitative estimate of drug-likeness (QED) is 0.367. The van der Waals surface area contributed by atoms with E-state index in [0.29, 0.717) is 5.96 Å². The lowest BCUT2D eigenvalue weighted by Crippen LogP contribution is -2.71. The van der Waals surface area contributed by atoms with Crippen LogP contribution in [0.2, 0.25) is 0 Å². The SMILES string of the molecule is CCCCCN=C1NC(N)NC(N)N1. The van der Waals surface area contributed by atoms with Crippen molar-refractivity contribution < 1.29 is 0 Å². The topological polar surface area (TPSA) is 100 Å². The highest BCUT2D eigenvalue weighted by molar-refractivity contribution is 5.80. The van der Waals surface area contributed by atoms with E-state index in [-0.39, 0.29) is 12.6 Å². The van der Waals surface area contributed by atoms with Crippen molar-refractivity contribution in [3.05, 3.63) is 0 Å². The number of hydrogen-bond acceptors (Lipinski definition) is 4. The Kier molecular flexibility index (Phi) is 4.64. The van der Waals surface area contributed by atoms with Crippen LogP contribution in [-0.2, 0) is 0 Å². The molecule has 82 valence electrons. The van der Waals surface area contributed by atoms with Gasteiger partial charge in [0, 0.05) is 6.54 Å². The van der Waals surface area contributed by atoms with Crippen molar-refractivity contribution in [1.29, 1.82) is 0 Å². The molecule has 6 nitrogen and oxygen atoms in total. The van der Waals surface area contributed by atoms with Gasteiger partial charge in [-0.15, -0.1) is 0 Å². The van der Waals surface area contributed by atoms with Gasteiger partial charge in [0.2, 0.25) is 0 Å². The van der Waals surface area contributed by atoms with E-state index in [1.54, 1.807) is 0 Å². The smallest absolute Gasteiger partial charge is 0.195 e. The maximum atomic E-state index is 5.62. The third-order valence-electron chi connectivity index (χ3n) is 1.98. The number of aliphatic imine (C=N–C) groups is 1. The Bertz CT molecular complexity index is 180. The number of nitrogens with zero attached hydrogens (tertiary/aromatic N) is 1. The zero-order chi connectivity index (χ0) is 10.4. The molecule has 0 spiro atoms. The minimum atomic E-state index is -0.323. The molecule has 0 bridgehead atoms. The van der Waals surface area contributed by atoms with Gasteiger partial charge in [-0.05, 0) is 6.42 Å². The van der Waals surface area contributed by atoms with E-state index in [1.807, 2.05) is 0 Å². The van der Waals surface area contributed by atoms with Gasteiger partial charge in [0.25, 0.3) is 0 Å². The second kappa shape index (κ2) is 5.79. The molecule has 6 heteroatoms. The lowest BCUT2D eigenvalue weighted by molar-refractivity contribution is 0.362. The fraction of sp³-hybridized carbons (Fsp3) is 0.875. The van der Waals surface area contributed by atoms with Gasteiger partial charge in [-0.3, -0.25) is 21.8 Å². The predicted octanol–water partition coefficient (Wildman–Crippen LogP) is -1.20. The summed E-state index contributed by atoms with van der Waals surface area (Å²) in [4.78, 5) is 4.32. The summed E-state index contributed by atoms with van der Waals surface area (Å²) in [6.45, 7) is 2.97. The number of unbranched alkanes of at least 4 members (excludes halogenated alkanes) is 2. The lowest BCUT2D eigenvalue weighted by atomic mass is 10.2. The molecule has 0 aromatic rings. The molecular formula is C8H20N6. The summed E-state index contributed by atoms with van der Waals surface area (Å²) in [5.74, 6) is 0.680.